The number of para-hydroxylation sites is 1. The van der Waals surface area contributed by atoms with E-state index in [0.717, 1.165) is 0 Å². The molecular weight excluding hydrogens is 482 g/mol. The lowest BCUT2D eigenvalue weighted by molar-refractivity contribution is 0.0730. The minimum absolute atomic E-state index is 0.0146. The van der Waals surface area contributed by atoms with Gasteiger partial charge in [0, 0.05) is 18.7 Å². The summed E-state index contributed by atoms with van der Waals surface area (Å²) < 4.78 is 37.8. The third kappa shape index (κ3) is 5.31. The summed E-state index contributed by atoms with van der Waals surface area (Å²) in [6.45, 7) is 1.17. The minimum Gasteiger partial charge on any atom is -0.467 e. The first-order chi connectivity index (χ1) is 16.4. The van der Waals surface area contributed by atoms with E-state index in [1.807, 2.05) is 0 Å². The normalized spacial score (nSPS) is 14.5. The summed E-state index contributed by atoms with van der Waals surface area (Å²) in [5.74, 6) is -0.398. The van der Waals surface area contributed by atoms with Gasteiger partial charge in [0.05, 0.1) is 42.3 Å². The topological polar surface area (TPSA) is 118 Å². The molecule has 2 amide bonds. The third-order valence-corrected chi connectivity index (χ3v) is 7.58. The van der Waals surface area contributed by atoms with Crippen molar-refractivity contribution in [3.63, 3.8) is 0 Å². The van der Waals surface area contributed by atoms with E-state index in [9.17, 15) is 18.0 Å². The minimum atomic E-state index is -3.90. The average molecular weight is 504 g/mol. The Bertz CT molecular complexity index is 1290. The van der Waals surface area contributed by atoms with Gasteiger partial charge in [-0.15, -0.1) is 0 Å². The number of halogens is 1. The predicted octanol–water partition coefficient (Wildman–Crippen LogP) is 3.14. The van der Waals surface area contributed by atoms with E-state index in [1.165, 1.54) is 28.8 Å². The second-order valence-corrected chi connectivity index (χ2v) is 9.74. The van der Waals surface area contributed by atoms with Gasteiger partial charge in [-0.05, 0) is 42.5 Å². The standard InChI is InChI=1S/C23H22ClN3O6S/c24-19-8-7-16(14-21(19)34(30,31)27-9-12-32-13-10-27)22(28)26-20-6-2-1-5-18(20)23(29)25-15-17-4-3-11-33-17/h1-8,11,14H,9-10,12-13,15H2,(H,25,29)(H,26,28). The molecule has 0 atom stereocenters. The molecule has 2 heterocycles. The van der Waals surface area contributed by atoms with Crippen LogP contribution in [0, 0.1) is 0 Å². The molecule has 4 rings (SSSR count). The molecule has 3 aromatic rings. The maximum Gasteiger partial charge on any atom is 0.255 e. The Morgan fingerprint density at radius 3 is 2.50 bits per heavy atom. The zero-order chi connectivity index (χ0) is 24.1. The van der Waals surface area contributed by atoms with Gasteiger partial charge in [-0.3, -0.25) is 9.59 Å². The largest absolute Gasteiger partial charge is 0.467 e. The van der Waals surface area contributed by atoms with Crippen LogP contribution in [0.5, 0.6) is 0 Å². The van der Waals surface area contributed by atoms with Gasteiger partial charge in [-0.1, -0.05) is 23.7 Å². The average Bonchev–Trinajstić information content (AvgIpc) is 3.37. The van der Waals surface area contributed by atoms with Gasteiger partial charge in [0.25, 0.3) is 11.8 Å². The second-order valence-electron chi connectivity index (χ2n) is 7.42. The lowest BCUT2D eigenvalue weighted by Gasteiger charge is -2.26. The SMILES string of the molecule is O=C(Nc1ccccc1C(=O)NCc1ccco1)c1ccc(Cl)c(S(=O)(=O)N2CCOCC2)c1. The Kier molecular flexibility index (Phi) is 7.32. The molecule has 0 bridgehead atoms. The molecule has 0 aliphatic carbocycles. The van der Waals surface area contributed by atoms with Crippen LogP contribution in [0.2, 0.25) is 5.02 Å². The van der Waals surface area contributed by atoms with Crippen molar-refractivity contribution in [2.24, 2.45) is 0 Å². The summed E-state index contributed by atoms with van der Waals surface area (Å²) in [5.41, 5.74) is 0.608. The highest BCUT2D eigenvalue weighted by Crippen LogP contribution is 2.27. The number of amides is 2. The number of ether oxygens (including phenoxy) is 1. The van der Waals surface area contributed by atoms with E-state index in [4.69, 9.17) is 20.8 Å². The number of anilines is 1. The van der Waals surface area contributed by atoms with Gasteiger partial charge >= 0.3 is 0 Å². The number of hydrogen-bond donors (Lipinski definition) is 2. The van der Waals surface area contributed by atoms with Gasteiger partial charge in [-0.25, -0.2) is 8.42 Å². The monoisotopic (exact) mass is 503 g/mol. The Hall–Kier alpha value is -3.18. The molecule has 34 heavy (non-hydrogen) atoms. The summed E-state index contributed by atoms with van der Waals surface area (Å²) in [6, 6.07) is 14.0. The van der Waals surface area contributed by atoms with Crippen LogP contribution in [-0.4, -0.2) is 50.8 Å². The molecule has 178 valence electrons. The summed E-state index contributed by atoms with van der Waals surface area (Å²) in [7, 11) is -3.90. The molecule has 2 N–H and O–H groups in total. The van der Waals surface area contributed by atoms with Crippen molar-refractivity contribution >= 4 is 39.1 Å². The summed E-state index contributed by atoms with van der Waals surface area (Å²) in [6.07, 6.45) is 1.51. The van der Waals surface area contributed by atoms with Crippen molar-refractivity contribution in [2.45, 2.75) is 11.4 Å². The van der Waals surface area contributed by atoms with Crippen molar-refractivity contribution in [3.05, 3.63) is 82.8 Å². The summed E-state index contributed by atoms with van der Waals surface area (Å²) in [5, 5.41) is 5.43. The fourth-order valence-electron chi connectivity index (χ4n) is 3.43. The number of nitrogens with zero attached hydrogens (tertiary/aromatic N) is 1. The molecular formula is C23H22ClN3O6S. The third-order valence-electron chi connectivity index (χ3n) is 5.20. The number of carbonyl (C=O) groups is 2. The van der Waals surface area contributed by atoms with Gasteiger partial charge < -0.3 is 19.8 Å². The molecule has 11 heteroatoms. The molecule has 0 unspecified atom stereocenters. The van der Waals surface area contributed by atoms with Crippen LogP contribution < -0.4 is 10.6 Å². The fraction of sp³-hybridized carbons (Fsp3) is 0.217. The van der Waals surface area contributed by atoms with E-state index in [-0.39, 0.29) is 59.6 Å². The molecule has 0 radical (unpaired) electrons. The van der Waals surface area contributed by atoms with Crippen LogP contribution in [0.3, 0.4) is 0 Å². The number of furan rings is 1. The van der Waals surface area contributed by atoms with Crippen molar-refractivity contribution in [3.8, 4) is 0 Å². The van der Waals surface area contributed by atoms with Gasteiger partial charge in [0.2, 0.25) is 10.0 Å². The number of rotatable bonds is 7. The second kappa shape index (κ2) is 10.4. The quantitative estimate of drug-likeness (QED) is 0.511. The van der Waals surface area contributed by atoms with Gasteiger partial charge in [-0.2, -0.15) is 4.31 Å². The lowest BCUT2D eigenvalue weighted by Crippen LogP contribution is -2.40. The van der Waals surface area contributed by atoms with Crippen LogP contribution in [0.15, 0.2) is 70.2 Å². The molecule has 1 aromatic heterocycles. The van der Waals surface area contributed by atoms with Crippen LogP contribution in [0.4, 0.5) is 5.69 Å². The van der Waals surface area contributed by atoms with Crippen LogP contribution in [0.25, 0.3) is 0 Å². The Morgan fingerprint density at radius 1 is 1.00 bits per heavy atom. The summed E-state index contributed by atoms with van der Waals surface area (Å²) in [4.78, 5) is 25.5. The number of morpholine rings is 1. The van der Waals surface area contributed by atoms with E-state index in [0.29, 0.717) is 5.76 Å². The van der Waals surface area contributed by atoms with Crippen molar-refractivity contribution < 1.29 is 27.2 Å². The Labute approximate surface area is 201 Å². The fourth-order valence-corrected chi connectivity index (χ4v) is 5.34. The first-order valence-electron chi connectivity index (χ1n) is 10.4. The summed E-state index contributed by atoms with van der Waals surface area (Å²) >= 11 is 6.18. The predicted molar refractivity (Wildman–Crippen MR) is 125 cm³/mol. The van der Waals surface area contributed by atoms with Gasteiger partial charge in [0.15, 0.2) is 0 Å². The lowest BCUT2D eigenvalue weighted by atomic mass is 10.1. The smallest absolute Gasteiger partial charge is 0.255 e. The van der Waals surface area contributed by atoms with Crippen LogP contribution in [0.1, 0.15) is 26.5 Å². The Morgan fingerprint density at radius 2 is 1.76 bits per heavy atom. The van der Waals surface area contributed by atoms with Crippen LogP contribution >= 0.6 is 11.6 Å². The van der Waals surface area contributed by atoms with E-state index < -0.39 is 21.8 Å². The van der Waals surface area contributed by atoms with E-state index in [1.54, 1.807) is 36.4 Å². The number of nitrogens with one attached hydrogen (secondary N) is 2. The highest BCUT2D eigenvalue weighted by Gasteiger charge is 2.29. The number of sulfonamides is 1. The van der Waals surface area contributed by atoms with Gasteiger partial charge in [0.1, 0.15) is 10.7 Å². The molecule has 9 nitrogen and oxygen atoms in total. The molecule has 1 fully saturated rings. The van der Waals surface area contributed by atoms with Crippen molar-refractivity contribution in [1.82, 2.24) is 9.62 Å². The zero-order valence-corrected chi connectivity index (χ0v) is 19.6. The molecule has 0 saturated carbocycles. The maximum absolute atomic E-state index is 13.0. The first-order valence-corrected chi connectivity index (χ1v) is 12.3. The van der Waals surface area contributed by atoms with Crippen LogP contribution in [-0.2, 0) is 21.3 Å². The molecule has 1 aliphatic rings. The zero-order valence-electron chi connectivity index (χ0n) is 18.0. The highest BCUT2D eigenvalue weighted by molar-refractivity contribution is 7.89. The first kappa shape index (κ1) is 24.0. The van der Waals surface area contributed by atoms with Crippen molar-refractivity contribution in [1.29, 1.82) is 0 Å². The molecule has 1 aliphatic heterocycles. The molecule has 2 aromatic carbocycles. The highest BCUT2D eigenvalue weighted by atomic mass is 35.5. The maximum atomic E-state index is 13.0. The number of benzene rings is 2. The van der Waals surface area contributed by atoms with E-state index in [2.05, 4.69) is 10.6 Å². The van der Waals surface area contributed by atoms with E-state index >= 15 is 0 Å². The molecule has 0 spiro atoms. The number of carbonyl (C=O) groups excluding carboxylic acids is 2. The number of hydrogen-bond acceptors (Lipinski definition) is 6. The Balaban J connectivity index is 1.53. The molecule has 1 saturated heterocycles. The van der Waals surface area contributed by atoms with Crippen molar-refractivity contribution in [2.75, 3.05) is 31.6 Å².